The predicted molar refractivity (Wildman–Crippen MR) is 197 cm³/mol. The van der Waals surface area contributed by atoms with Crippen LogP contribution in [-0.2, 0) is 28.7 Å². The average molecular weight is 708 g/mol. The molecule has 2 N–H and O–H groups in total. The van der Waals surface area contributed by atoms with E-state index in [9.17, 15) is 19.5 Å². The normalized spacial score (nSPS) is 26.0. The molecule has 51 heavy (non-hydrogen) atoms. The number of ether oxygens (including phenoxy) is 2. The number of nitrogens with zero attached hydrogens (tertiary/aromatic N) is 2. The summed E-state index contributed by atoms with van der Waals surface area (Å²) in [5.41, 5.74) is -1.28. The predicted octanol–water partition coefficient (Wildman–Crippen LogP) is 5.75. The maximum atomic E-state index is 15.1. The van der Waals surface area contributed by atoms with E-state index in [0.29, 0.717) is 37.7 Å². The van der Waals surface area contributed by atoms with Crippen LogP contribution in [0.15, 0.2) is 55.6 Å². The molecule has 1 aromatic rings. The molecule has 0 unspecified atom stereocenters. The maximum Gasteiger partial charge on any atom is 0.313 e. The Hall–Kier alpha value is -3.50. The maximum absolute atomic E-state index is 15.1. The van der Waals surface area contributed by atoms with Gasteiger partial charge in [-0.25, -0.2) is 0 Å². The van der Waals surface area contributed by atoms with Crippen molar-refractivity contribution < 1.29 is 33.8 Å². The van der Waals surface area contributed by atoms with Gasteiger partial charge in [0.2, 0.25) is 17.7 Å². The Kier molecular flexibility index (Phi) is 12.7. The van der Waals surface area contributed by atoms with E-state index in [2.05, 4.69) is 39.2 Å². The van der Waals surface area contributed by atoms with Crippen LogP contribution in [-0.4, -0.2) is 87.1 Å². The molecule has 1 spiro atoms. The van der Waals surface area contributed by atoms with Crippen molar-refractivity contribution in [1.82, 2.24) is 15.1 Å². The summed E-state index contributed by atoms with van der Waals surface area (Å²) in [4.78, 5) is 60.5. The monoisotopic (exact) mass is 707 g/mol. The highest BCUT2D eigenvalue weighted by molar-refractivity contribution is 5.98. The lowest BCUT2D eigenvalue weighted by Crippen LogP contribution is -2.62. The molecule has 3 aliphatic heterocycles. The number of aliphatic hydroxyl groups is 1. The van der Waals surface area contributed by atoms with Crippen LogP contribution < -0.4 is 5.32 Å². The quantitative estimate of drug-likeness (QED) is 0.156. The van der Waals surface area contributed by atoms with Gasteiger partial charge in [-0.05, 0) is 69.8 Å². The third-order valence-corrected chi connectivity index (χ3v) is 10.7. The van der Waals surface area contributed by atoms with Crippen molar-refractivity contribution in [3.05, 3.63) is 61.2 Å². The lowest BCUT2D eigenvalue weighted by Gasteiger charge is -2.46. The summed E-state index contributed by atoms with van der Waals surface area (Å²) in [6.07, 6.45) is 4.75. The lowest BCUT2D eigenvalue weighted by molar-refractivity contribution is -0.163. The smallest absolute Gasteiger partial charge is 0.313 e. The van der Waals surface area contributed by atoms with E-state index in [1.165, 1.54) is 0 Å². The number of carbonyl (C=O) groups is 4. The Labute approximate surface area is 305 Å². The molecule has 8 atom stereocenters. The summed E-state index contributed by atoms with van der Waals surface area (Å²) in [5.74, 6) is -3.24. The molecule has 3 fully saturated rings. The molecule has 3 amide bonds. The Morgan fingerprint density at radius 1 is 1.12 bits per heavy atom. The summed E-state index contributed by atoms with van der Waals surface area (Å²) < 4.78 is 13.0. The Balaban J connectivity index is 1.75. The highest BCUT2D eigenvalue weighted by Gasteiger charge is 2.76. The number of allylic oxidation sites excluding steroid dienone is 1. The number of hydrogen-bond donors (Lipinski definition) is 2. The van der Waals surface area contributed by atoms with Crippen LogP contribution in [0.1, 0.15) is 106 Å². The molecule has 282 valence electrons. The first-order valence-electron chi connectivity index (χ1n) is 18.6. The Morgan fingerprint density at radius 2 is 1.78 bits per heavy atom. The zero-order valence-corrected chi connectivity index (χ0v) is 32.0. The van der Waals surface area contributed by atoms with Crippen molar-refractivity contribution in [2.24, 2.45) is 23.2 Å². The molecule has 4 rings (SSSR count). The number of benzene rings is 1. The van der Waals surface area contributed by atoms with E-state index in [4.69, 9.17) is 9.47 Å². The highest BCUT2D eigenvalue weighted by atomic mass is 16.6. The Bertz CT molecular complexity index is 1440. The first kappa shape index (κ1) is 40.3. The second-order valence-electron chi connectivity index (χ2n) is 17.0. The molecule has 3 saturated heterocycles. The number of rotatable bonds is 17. The standard InChI is InChI=1S/C41H61N3O7/c1-11-13-19-31(46)42-27(5)34(28-17-15-14-16-18-28)50-38(49)32-30-20-21-41(51-30)33(32)36(47)44(29(24-45)23-26(3)4)35(41)37(48)43(22-12-2)40(9,10)25-39(6,7)8/h11-12,14-18,26-27,29-30,32-35,45H,1-2,13,19-25H2,3-10H3,(H,42,46)/t27-,29+,30-,32+,33+,34-,35-,41+/m0/s1. The van der Waals surface area contributed by atoms with Crippen LogP contribution in [0.4, 0.5) is 0 Å². The lowest BCUT2D eigenvalue weighted by atomic mass is 9.70. The van der Waals surface area contributed by atoms with Crippen molar-refractivity contribution in [1.29, 1.82) is 0 Å². The van der Waals surface area contributed by atoms with E-state index in [-0.39, 0.29) is 48.6 Å². The molecule has 10 heteroatoms. The van der Waals surface area contributed by atoms with Gasteiger partial charge in [0, 0.05) is 18.5 Å². The minimum atomic E-state index is -1.27. The van der Waals surface area contributed by atoms with Crippen LogP contribution in [0.2, 0.25) is 0 Å². The molecule has 3 heterocycles. The zero-order valence-electron chi connectivity index (χ0n) is 32.0. The second kappa shape index (κ2) is 16.0. The molecular weight excluding hydrogens is 646 g/mol. The fraction of sp³-hybridized carbons (Fsp3) is 0.659. The van der Waals surface area contributed by atoms with E-state index < -0.39 is 59.3 Å². The minimum absolute atomic E-state index is 0.102. The van der Waals surface area contributed by atoms with E-state index in [1.807, 2.05) is 58.0 Å². The number of esters is 1. The third-order valence-electron chi connectivity index (χ3n) is 10.7. The van der Waals surface area contributed by atoms with Crippen molar-refractivity contribution >= 4 is 23.7 Å². The highest BCUT2D eigenvalue weighted by Crippen LogP contribution is 2.60. The summed E-state index contributed by atoms with van der Waals surface area (Å²) in [6, 6.07) is 6.95. The molecule has 1 aromatic carbocycles. The molecule has 0 radical (unpaired) electrons. The molecule has 0 saturated carbocycles. The van der Waals surface area contributed by atoms with E-state index in [1.54, 1.807) is 28.9 Å². The fourth-order valence-corrected chi connectivity index (χ4v) is 9.10. The van der Waals surface area contributed by atoms with Crippen molar-refractivity contribution in [3.8, 4) is 0 Å². The van der Waals surface area contributed by atoms with Gasteiger partial charge in [0.1, 0.15) is 17.7 Å². The van der Waals surface area contributed by atoms with Gasteiger partial charge in [0.25, 0.3) is 0 Å². The fourth-order valence-electron chi connectivity index (χ4n) is 9.10. The van der Waals surface area contributed by atoms with Crippen molar-refractivity contribution in [2.45, 2.75) is 135 Å². The number of aliphatic hydroxyl groups excluding tert-OH is 1. The second-order valence-corrected chi connectivity index (χ2v) is 17.0. The first-order chi connectivity index (χ1) is 23.9. The first-order valence-corrected chi connectivity index (χ1v) is 18.6. The van der Waals surface area contributed by atoms with Crippen LogP contribution in [0.5, 0.6) is 0 Å². The number of fused-ring (bicyclic) bond motifs is 1. The van der Waals surface area contributed by atoms with Gasteiger partial charge in [0.05, 0.1) is 36.6 Å². The van der Waals surface area contributed by atoms with Gasteiger partial charge >= 0.3 is 5.97 Å². The molecule has 2 bridgehead atoms. The van der Waals surface area contributed by atoms with E-state index >= 15 is 4.79 Å². The summed E-state index contributed by atoms with van der Waals surface area (Å²) in [7, 11) is 0. The minimum Gasteiger partial charge on any atom is -0.455 e. The number of carbonyl (C=O) groups excluding carboxylic acids is 4. The van der Waals surface area contributed by atoms with Crippen LogP contribution in [0.3, 0.4) is 0 Å². The topological polar surface area (TPSA) is 125 Å². The van der Waals surface area contributed by atoms with Gasteiger partial charge in [-0.3, -0.25) is 19.2 Å². The summed E-state index contributed by atoms with van der Waals surface area (Å²) in [5, 5.41) is 13.7. The number of amides is 3. The van der Waals surface area contributed by atoms with Crippen LogP contribution in [0, 0.1) is 23.2 Å². The number of likely N-dealkylation sites (tertiary alicyclic amines) is 1. The van der Waals surface area contributed by atoms with Gasteiger partial charge in [-0.2, -0.15) is 0 Å². The summed E-state index contributed by atoms with van der Waals surface area (Å²) >= 11 is 0. The van der Waals surface area contributed by atoms with Crippen LogP contribution >= 0.6 is 0 Å². The third kappa shape index (κ3) is 8.43. The molecular formula is C41H61N3O7. The van der Waals surface area contributed by atoms with Crippen molar-refractivity contribution in [2.75, 3.05) is 13.2 Å². The van der Waals surface area contributed by atoms with Gasteiger partial charge in [-0.1, -0.05) is 77.1 Å². The molecule has 3 aliphatic rings. The van der Waals surface area contributed by atoms with Gasteiger partial charge in [-0.15, -0.1) is 13.2 Å². The van der Waals surface area contributed by atoms with Gasteiger partial charge < -0.3 is 29.7 Å². The summed E-state index contributed by atoms with van der Waals surface area (Å²) in [6.45, 7) is 23.8. The van der Waals surface area contributed by atoms with Crippen molar-refractivity contribution in [3.63, 3.8) is 0 Å². The molecule has 10 nitrogen and oxygen atoms in total. The van der Waals surface area contributed by atoms with Crippen LogP contribution in [0.25, 0.3) is 0 Å². The largest absolute Gasteiger partial charge is 0.455 e. The number of nitrogens with one attached hydrogen (secondary N) is 1. The Morgan fingerprint density at radius 3 is 2.35 bits per heavy atom. The SMILES string of the molecule is C=CCCC(=O)N[C@@H](C)[C@H](OC(=O)[C@@H]1[C@@H]2CC[C@]3(O2)[C@H](C(=O)N(CC=C)C(C)(C)CC(C)(C)C)N([C@@H](CO)CC(C)C)C(=O)[C@@H]13)c1ccccc1. The molecule has 0 aliphatic carbocycles. The van der Waals surface area contributed by atoms with E-state index in [0.717, 1.165) is 0 Å². The zero-order chi connectivity index (χ0) is 37.9. The average Bonchev–Trinajstić information content (AvgIpc) is 3.70. The number of hydrogen-bond acceptors (Lipinski definition) is 7. The molecule has 0 aromatic heterocycles. The van der Waals surface area contributed by atoms with Gasteiger partial charge in [0.15, 0.2) is 0 Å².